The first-order valence-electron chi connectivity index (χ1n) is 6.90. The molecule has 5 heteroatoms. The number of hydrogen-bond donors (Lipinski definition) is 1. The van der Waals surface area contributed by atoms with Crippen LogP contribution in [0.4, 0.5) is 10.1 Å². The minimum absolute atomic E-state index is 0.184. The average molecular weight is 335 g/mol. The summed E-state index contributed by atoms with van der Waals surface area (Å²) in [6.07, 6.45) is 2.04. The summed E-state index contributed by atoms with van der Waals surface area (Å²) < 4.78 is 13.5. The van der Waals surface area contributed by atoms with Gasteiger partial charge in [0.1, 0.15) is 5.82 Å². The first-order valence-corrected chi connectivity index (χ1v) is 9.17. The zero-order chi connectivity index (χ0) is 15.9. The summed E-state index contributed by atoms with van der Waals surface area (Å²) in [5.74, 6) is 0.150. The number of anilines is 1. The molecule has 22 heavy (non-hydrogen) atoms. The van der Waals surface area contributed by atoms with Crippen molar-refractivity contribution in [1.82, 2.24) is 0 Å². The van der Waals surface area contributed by atoms with Crippen LogP contribution in [-0.2, 0) is 10.5 Å². The van der Waals surface area contributed by atoms with Gasteiger partial charge in [-0.3, -0.25) is 4.79 Å². The van der Waals surface area contributed by atoms with Crippen LogP contribution in [0.3, 0.4) is 0 Å². The van der Waals surface area contributed by atoms with Gasteiger partial charge in [0.2, 0.25) is 5.91 Å². The normalized spacial score (nSPS) is 12.0. The van der Waals surface area contributed by atoms with Crippen LogP contribution < -0.4 is 5.32 Å². The molecule has 0 aliphatic rings. The van der Waals surface area contributed by atoms with Crippen molar-refractivity contribution in [3.63, 3.8) is 0 Å². The van der Waals surface area contributed by atoms with Gasteiger partial charge < -0.3 is 5.32 Å². The van der Waals surface area contributed by atoms with E-state index in [4.69, 9.17) is 0 Å². The molecule has 2 rings (SSSR count). The van der Waals surface area contributed by atoms with Gasteiger partial charge in [0, 0.05) is 10.6 Å². The van der Waals surface area contributed by atoms with Crippen LogP contribution in [0.5, 0.6) is 0 Å². The Morgan fingerprint density at radius 1 is 1.18 bits per heavy atom. The quantitative estimate of drug-likeness (QED) is 0.768. The third-order valence-electron chi connectivity index (χ3n) is 3.16. The lowest BCUT2D eigenvalue weighted by molar-refractivity contribution is -0.115. The molecule has 0 saturated carbocycles. The third-order valence-corrected chi connectivity index (χ3v) is 5.12. The van der Waals surface area contributed by atoms with Crippen molar-refractivity contribution in [2.45, 2.75) is 22.8 Å². The number of nitrogens with one attached hydrogen (secondary N) is 1. The molecule has 0 aliphatic heterocycles. The van der Waals surface area contributed by atoms with Gasteiger partial charge >= 0.3 is 0 Å². The van der Waals surface area contributed by atoms with Crippen LogP contribution in [0.15, 0.2) is 53.4 Å². The second-order valence-corrected chi connectivity index (χ2v) is 6.98. The summed E-state index contributed by atoms with van der Waals surface area (Å²) in [4.78, 5) is 13.3. The number of hydrogen-bond acceptors (Lipinski definition) is 3. The molecule has 0 spiro atoms. The van der Waals surface area contributed by atoms with E-state index in [9.17, 15) is 9.18 Å². The molecule has 0 radical (unpaired) electrons. The highest BCUT2D eigenvalue weighted by Gasteiger charge is 2.15. The van der Waals surface area contributed by atoms with E-state index in [0.29, 0.717) is 0 Å². The van der Waals surface area contributed by atoms with Crippen molar-refractivity contribution in [2.24, 2.45) is 0 Å². The summed E-state index contributed by atoms with van der Waals surface area (Å²) in [6.45, 7) is 1.83. The molecule has 1 N–H and O–H groups in total. The Hall–Kier alpha value is -1.46. The molecule has 1 amide bonds. The molecule has 0 fully saturated rings. The zero-order valence-corrected chi connectivity index (χ0v) is 14.1. The van der Waals surface area contributed by atoms with Gasteiger partial charge in [-0.1, -0.05) is 24.3 Å². The minimum Gasteiger partial charge on any atom is -0.323 e. The summed E-state index contributed by atoms with van der Waals surface area (Å²) in [5.41, 5.74) is 1.40. The molecule has 2 nitrogen and oxygen atoms in total. The molecule has 0 heterocycles. The number of thioether (sulfide) groups is 2. The predicted molar refractivity (Wildman–Crippen MR) is 94.0 cm³/mol. The number of rotatable bonds is 6. The number of amides is 1. The van der Waals surface area contributed by atoms with Gasteiger partial charge in [0.05, 0.1) is 10.9 Å². The largest absolute Gasteiger partial charge is 0.323 e. The van der Waals surface area contributed by atoms with Gasteiger partial charge in [0.15, 0.2) is 0 Å². The van der Waals surface area contributed by atoms with Crippen LogP contribution in [0.2, 0.25) is 0 Å². The molecule has 2 aromatic carbocycles. The highest BCUT2D eigenvalue weighted by molar-refractivity contribution is 7.99. The van der Waals surface area contributed by atoms with Crippen LogP contribution in [0, 0.1) is 5.82 Å². The van der Waals surface area contributed by atoms with E-state index in [-0.39, 0.29) is 16.8 Å². The Morgan fingerprint density at radius 2 is 1.86 bits per heavy atom. The highest BCUT2D eigenvalue weighted by atomic mass is 32.2. The SMILES string of the molecule is CSc1ccc(CSC(C)C(=O)Nc2ccccc2F)cc1. The van der Waals surface area contributed by atoms with E-state index in [1.165, 1.54) is 28.3 Å². The molecule has 1 atom stereocenters. The number of benzene rings is 2. The van der Waals surface area contributed by atoms with Crippen LogP contribution in [0.1, 0.15) is 12.5 Å². The Labute approximate surface area is 138 Å². The van der Waals surface area contributed by atoms with E-state index in [0.717, 1.165) is 5.75 Å². The summed E-state index contributed by atoms with van der Waals surface area (Å²) in [7, 11) is 0. The second-order valence-electron chi connectivity index (χ2n) is 4.77. The monoisotopic (exact) mass is 335 g/mol. The van der Waals surface area contributed by atoms with Gasteiger partial charge in [-0.15, -0.1) is 23.5 Å². The van der Waals surface area contributed by atoms with Gasteiger partial charge in [-0.25, -0.2) is 4.39 Å². The van der Waals surface area contributed by atoms with Crippen LogP contribution >= 0.6 is 23.5 Å². The maximum atomic E-state index is 13.5. The van der Waals surface area contributed by atoms with Crippen molar-refractivity contribution >= 4 is 35.1 Å². The molecule has 1 unspecified atom stereocenters. The summed E-state index contributed by atoms with van der Waals surface area (Å²) >= 11 is 3.24. The average Bonchev–Trinajstić information content (AvgIpc) is 2.55. The maximum Gasteiger partial charge on any atom is 0.237 e. The molecule has 2 aromatic rings. The fourth-order valence-electron chi connectivity index (χ4n) is 1.82. The zero-order valence-electron chi connectivity index (χ0n) is 12.5. The fourth-order valence-corrected chi connectivity index (χ4v) is 3.07. The van der Waals surface area contributed by atoms with E-state index in [1.54, 1.807) is 30.0 Å². The lowest BCUT2D eigenvalue weighted by atomic mass is 10.2. The van der Waals surface area contributed by atoms with Gasteiger partial charge in [0.25, 0.3) is 0 Å². The molecule has 0 bridgehead atoms. The number of carbonyl (C=O) groups excluding carboxylic acids is 1. The van der Waals surface area contributed by atoms with E-state index in [2.05, 4.69) is 29.6 Å². The van der Waals surface area contributed by atoms with E-state index < -0.39 is 5.82 Å². The summed E-state index contributed by atoms with van der Waals surface area (Å²) in [5, 5.41) is 2.38. The molecule has 0 saturated heterocycles. The smallest absolute Gasteiger partial charge is 0.237 e. The van der Waals surface area contributed by atoms with Crippen LogP contribution in [0.25, 0.3) is 0 Å². The van der Waals surface area contributed by atoms with Gasteiger partial charge in [-0.05, 0) is 43.0 Å². The predicted octanol–water partition coefficient (Wildman–Crippen LogP) is 4.81. The van der Waals surface area contributed by atoms with Gasteiger partial charge in [-0.2, -0.15) is 0 Å². The van der Waals surface area contributed by atoms with Crippen LogP contribution in [-0.4, -0.2) is 17.4 Å². The number of halogens is 1. The highest BCUT2D eigenvalue weighted by Crippen LogP contribution is 2.22. The first-order chi connectivity index (χ1) is 10.6. The lowest BCUT2D eigenvalue weighted by Crippen LogP contribution is -2.23. The standard InChI is InChI=1S/C17H18FNOS2/c1-12(17(20)19-16-6-4-3-5-15(16)18)22-11-13-7-9-14(21-2)10-8-13/h3-10,12H,11H2,1-2H3,(H,19,20). The van der Waals surface area contributed by atoms with Crippen molar-refractivity contribution in [3.05, 3.63) is 59.9 Å². The molecular weight excluding hydrogens is 317 g/mol. The third kappa shape index (κ3) is 4.78. The molecule has 0 aromatic heterocycles. The Morgan fingerprint density at radius 3 is 2.50 bits per heavy atom. The first kappa shape index (κ1) is 16.9. The summed E-state index contributed by atoms with van der Waals surface area (Å²) in [6, 6.07) is 14.5. The Kier molecular flexibility index (Phi) is 6.34. The second kappa shape index (κ2) is 8.25. The van der Waals surface area contributed by atoms with Crippen molar-refractivity contribution in [2.75, 3.05) is 11.6 Å². The molecule has 116 valence electrons. The Balaban J connectivity index is 1.87. The van der Waals surface area contributed by atoms with Crippen molar-refractivity contribution in [3.8, 4) is 0 Å². The minimum atomic E-state index is -0.416. The van der Waals surface area contributed by atoms with E-state index >= 15 is 0 Å². The number of carbonyl (C=O) groups is 1. The topological polar surface area (TPSA) is 29.1 Å². The maximum absolute atomic E-state index is 13.5. The lowest BCUT2D eigenvalue weighted by Gasteiger charge is -2.12. The van der Waals surface area contributed by atoms with E-state index in [1.807, 2.05) is 13.2 Å². The fraction of sp³-hybridized carbons (Fsp3) is 0.235. The molecular formula is C17H18FNOS2. The van der Waals surface area contributed by atoms with Crippen molar-refractivity contribution in [1.29, 1.82) is 0 Å². The van der Waals surface area contributed by atoms with Crippen molar-refractivity contribution < 1.29 is 9.18 Å². The number of para-hydroxylation sites is 1. The molecule has 0 aliphatic carbocycles. The Bertz CT molecular complexity index is 631.